The van der Waals surface area contributed by atoms with Crippen molar-refractivity contribution in [3.63, 3.8) is 0 Å². The molecule has 23 heavy (non-hydrogen) atoms. The summed E-state index contributed by atoms with van der Waals surface area (Å²) in [4.78, 5) is 8.68. The summed E-state index contributed by atoms with van der Waals surface area (Å²) in [5.74, 6) is 2.12. The number of nitrogens with two attached hydrogens (primary N) is 1. The number of aliphatic imine (C=N–C) groups is 1. The van der Waals surface area contributed by atoms with Crippen molar-refractivity contribution in [2.75, 3.05) is 25.1 Å². The number of ether oxygens (including phenoxy) is 2. The molecule has 0 spiro atoms. The lowest BCUT2D eigenvalue weighted by Crippen LogP contribution is -2.23. The van der Waals surface area contributed by atoms with Crippen molar-refractivity contribution in [2.24, 2.45) is 10.7 Å². The van der Waals surface area contributed by atoms with Gasteiger partial charge in [0.25, 0.3) is 0 Å². The zero-order chi connectivity index (χ0) is 16.1. The van der Waals surface area contributed by atoms with Gasteiger partial charge in [0.15, 0.2) is 17.5 Å². The van der Waals surface area contributed by atoms with E-state index in [9.17, 15) is 0 Å². The number of anilines is 1. The van der Waals surface area contributed by atoms with Crippen LogP contribution in [-0.2, 0) is 0 Å². The quantitative estimate of drug-likeness (QED) is 0.664. The van der Waals surface area contributed by atoms with Gasteiger partial charge >= 0.3 is 0 Å². The molecule has 3 N–H and O–H groups in total. The van der Waals surface area contributed by atoms with Gasteiger partial charge in [0.1, 0.15) is 0 Å². The molecule has 6 nitrogen and oxygen atoms in total. The molecule has 0 fully saturated rings. The number of fused-ring (bicyclic) bond motifs is 1. The van der Waals surface area contributed by atoms with E-state index < -0.39 is 0 Å². The first-order chi connectivity index (χ1) is 11.2. The van der Waals surface area contributed by atoms with Crippen molar-refractivity contribution >= 4 is 23.0 Å². The molecule has 1 aliphatic rings. The zero-order valence-electron chi connectivity index (χ0n) is 13.0. The second kappa shape index (κ2) is 7.32. The molecule has 2 heterocycles. The second-order valence-electron chi connectivity index (χ2n) is 5.33. The molecule has 2 aromatic rings. The topological polar surface area (TPSA) is 81.8 Å². The van der Waals surface area contributed by atoms with Gasteiger partial charge in [0.2, 0.25) is 0 Å². The fraction of sp³-hybridized carbons (Fsp3) is 0.375. The molecule has 7 heteroatoms. The lowest BCUT2D eigenvalue weighted by molar-refractivity contribution is 0.297. The number of benzene rings is 1. The number of hydrogen-bond donors (Lipinski definition) is 2. The van der Waals surface area contributed by atoms with Gasteiger partial charge in [0.05, 0.1) is 24.8 Å². The minimum Gasteiger partial charge on any atom is -0.490 e. The lowest BCUT2D eigenvalue weighted by atomic mass is 10.2. The number of nitrogens with zero attached hydrogens (tertiary/aromatic N) is 2. The summed E-state index contributed by atoms with van der Waals surface area (Å²) >= 11 is 1.63. The highest BCUT2D eigenvalue weighted by Gasteiger charge is 2.11. The number of nitrogens with one attached hydrogen (secondary N) is 1. The van der Waals surface area contributed by atoms with Crippen molar-refractivity contribution < 1.29 is 9.47 Å². The van der Waals surface area contributed by atoms with E-state index in [-0.39, 0.29) is 5.92 Å². The number of guanidine groups is 1. The van der Waals surface area contributed by atoms with Crippen LogP contribution in [0.3, 0.4) is 0 Å². The Balaban J connectivity index is 1.62. The third kappa shape index (κ3) is 4.13. The molecule has 1 aromatic carbocycles. The highest BCUT2D eigenvalue weighted by Crippen LogP contribution is 2.32. The monoisotopic (exact) mass is 332 g/mol. The summed E-state index contributed by atoms with van der Waals surface area (Å²) < 4.78 is 11.3. The highest BCUT2D eigenvalue weighted by atomic mass is 32.1. The Morgan fingerprint density at radius 2 is 2.22 bits per heavy atom. The van der Waals surface area contributed by atoms with Crippen LogP contribution in [0, 0.1) is 0 Å². The van der Waals surface area contributed by atoms with Crippen LogP contribution < -0.4 is 20.5 Å². The maximum absolute atomic E-state index is 5.96. The van der Waals surface area contributed by atoms with Gasteiger partial charge in [-0.25, -0.2) is 4.98 Å². The van der Waals surface area contributed by atoms with E-state index in [4.69, 9.17) is 15.2 Å². The van der Waals surface area contributed by atoms with Crippen LogP contribution in [-0.4, -0.2) is 30.7 Å². The lowest BCUT2D eigenvalue weighted by Gasteiger charge is -2.11. The maximum Gasteiger partial charge on any atom is 0.193 e. The molecule has 122 valence electrons. The van der Waals surface area contributed by atoms with Crippen LogP contribution in [0.1, 0.15) is 24.3 Å². The standard InChI is InChI=1S/C16H20N4O2S/c1-11(15-18-5-8-23-15)10-19-16(17)20-12-3-4-13-14(9-12)22-7-2-6-21-13/h3-5,8-9,11H,2,6-7,10H2,1H3,(H3,17,19,20). The predicted molar refractivity (Wildman–Crippen MR) is 92.7 cm³/mol. The van der Waals surface area contributed by atoms with Crippen LogP contribution in [0.2, 0.25) is 0 Å². The Morgan fingerprint density at radius 1 is 1.39 bits per heavy atom. The molecule has 1 aromatic heterocycles. The van der Waals surface area contributed by atoms with E-state index in [1.54, 1.807) is 17.5 Å². The fourth-order valence-electron chi connectivity index (χ4n) is 2.22. The Labute approximate surface area is 139 Å². The van der Waals surface area contributed by atoms with Crippen molar-refractivity contribution in [1.82, 2.24) is 4.98 Å². The van der Waals surface area contributed by atoms with E-state index in [0.717, 1.165) is 28.6 Å². The first-order valence-electron chi connectivity index (χ1n) is 7.58. The van der Waals surface area contributed by atoms with Crippen LogP contribution in [0.4, 0.5) is 5.69 Å². The molecule has 0 bridgehead atoms. The normalized spacial score (nSPS) is 15.8. The summed E-state index contributed by atoms with van der Waals surface area (Å²) in [5, 5.41) is 6.12. The molecular weight excluding hydrogens is 312 g/mol. The summed E-state index contributed by atoms with van der Waals surface area (Å²) in [6.45, 7) is 4.02. The van der Waals surface area contributed by atoms with Gasteiger partial charge < -0.3 is 20.5 Å². The third-order valence-corrected chi connectivity index (χ3v) is 4.44. The predicted octanol–water partition coefficient (Wildman–Crippen LogP) is 2.83. The molecule has 0 aliphatic carbocycles. The largest absolute Gasteiger partial charge is 0.490 e. The minimum absolute atomic E-state index is 0.249. The summed E-state index contributed by atoms with van der Waals surface area (Å²) in [5.41, 5.74) is 6.80. The van der Waals surface area contributed by atoms with Gasteiger partial charge in [-0.2, -0.15) is 0 Å². The van der Waals surface area contributed by atoms with Crippen LogP contribution in [0.5, 0.6) is 11.5 Å². The second-order valence-corrected chi connectivity index (χ2v) is 6.26. The molecule has 1 aliphatic heterocycles. The van der Waals surface area contributed by atoms with Crippen molar-refractivity contribution in [3.8, 4) is 11.5 Å². The molecule has 1 atom stereocenters. The van der Waals surface area contributed by atoms with Gasteiger partial charge in [0, 0.05) is 35.7 Å². The van der Waals surface area contributed by atoms with Crippen molar-refractivity contribution in [2.45, 2.75) is 19.3 Å². The zero-order valence-corrected chi connectivity index (χ0v) is 13.8. The van der Waals surface area contributed by atoms with E-state index in [1.807, 2.05) is 23.6 Å². The summed E-state index contributed by atoms with van der Waals surface area (Å²) in [7, 11) is 0. The molecule has 3 rings (SSSR count). The third-order valence-electron chi connectivity index (χ3n) is 3.43. The van der Waals surface area contributed by atoms with E-state index in [0.29, 0.717) is 25.7 Å². The number of aromatic nitrogens is 1. The van der Waals surface area contributed by atoms with Crippen molar-refractivity contribution in [3.05, 3.63) is 34.8 Å². The smallest absolute Gasteiger partial charge is 0.193 e. The molecule has 0 amide bonds. The van der Waals surface area contributed by atoms with Crippen LogP contribution >= 0.6 is 11.3 Å². The number of thiazole rings is 1. The first kappa shape index (κ1) is 15.6. The maximum atomic E-state index is 5.96. The van der Waals surface area contributed by atoms with Gasteiger partial charge in [-0.05, 0) is 12.1 Å². The Bertz CT molecular complexity index is 673. The molecule has 0 saturated carbocycles. The van der Waals surface area contributed by atoms with Gasteiger partial charge in [-0.3, -0.25) is 4.99 Å². The van der Waals surface area contributed by atoms with Gasteiger partial charge in [-0.15, -0.1) is 11.3 Å². The molecular formula is C16H20N4O2S. The fourth-order valence-corrected chi connectivity index (χ4v) is 2.91. The molecule has 1 unspecified atom stereocenters. The first-order valence-corrected chi connectivity index (χ1v) is 8.46. The Kier molecular flexibility index (Phi) is 4.97. The number of rotatable bonds is 4. The van der Waals surface area contributed by atoms with E-state index >= 15 is 0 Å². The SMILES string of the molecule is CC(CN=C(N)Nc1ccc2c(c1)OCCCO2)c1nccs1. The molecule has 0 saturated heterocycles. The van der Waals surface area contributed by atoms with E-state index in [1.165, 1.54) is 0 Å². The van der Waals surface area contributed by atoms with Crippen LogP contribution in [0.25, 0.3) is 0 Å². The Hall–Kier alpha value is -2.28. The summed E-state index contributed by atoms with van der Waals surface area (Å²) in [6.07, 6.45) is 2.69. The highest BCUT2D eigenvalue weighted by molar-refractivity contribution is 7.09. The Morgan fingerprint density at radius 3 is 3.00 bits per heavy atom. The van der Waals surface area contributed by atoms with Crippen LogP contribution in [0.15, 0.2) is 34.8 Å². The van der Waals surface area contributed by atoms with E-state index in [2.05, 4.69) is 22.2 Å². The molecule has 0 radical (unpaired) electrons. The average Bonchev–Trinajstić information content (AvgIpc) is 2.99. The van der Waals surface area contributed by atoms with Crippen molar-refractivity contribution in [1.29, 1.82) is 0 Å². The summed E-state index contributed by atoms with van der Waals surface area (Å²) in [6, 6.07) is 5.67. The van der Waals surface area contributed by atoms with Gasteiger partial charge in [-0.1, -0.05) is 6.92 Å². The minimum atomic E-state index is 0.249. The number of hydrogen-bond acceptors (Lipinski definition) is 5. The average molecular weight is 332 g/mol.